The summed E-state index contributed by atoms with van der Waals surface area (Å²) in [7, 11) is 1.94. The number of carbonyl (C=O) groups is 1. The van der Waals surface area contributed by atoms with E-state index < -0.39 is 5.41 Å². The predicted molar refractivity (Wildman–Crippen MR) is 131 cm³/mol. The van der Waals surface area contributed by atoms with E-state index in [1.165, 1.54) is 0 Å². The van der Waals surface area contributed by atoms with Gasteiger partial charge in [0.25, 0.3) is 0 Å². The van der Waals surface area contributed by atoms with Crippen molar-refractivity contribution in [3.05, 3.63) is 82.4 Å². The summed E-state index contributed by atoms with van der Waals surface area (Å²) in [4.78, 5) is 16.1. The SMILES string of the molecule is C=CC[C@@]1(C)C[C@H](c2cccc(Cl)c2)C(c2ccc(Cl)cc2)N([C@@H](CC)CNC)C1=O. The van der Waals surface area contributed by atoms with Crippen LogP contribution in [0.2, 0.25) is 10.0 Å². The van der Waals surface area contributed by atoms with Crippen molar-refractivity contribution in [3.63, 3.8) is 0 Å². The Labute approximate surface area is 196 Å². The summed E-state index contributed by atoms with van der Waals surface area (Å²) in [5, 5.41) is 4.69. The van der Waals surface area contributed by atoms with Crippen LogP contribution in [0.5, 0.6) is 0 Å². The number of benzene rings is 2. The van der Waals surface area contributed by atoms with Crippen LogP contribution < -0.4 is 5.32 Å². The molecular formula is C26H32Cl2N2O. The molecule has 0 spiro atoms. The molecule has 1 heterocycles. The van der Waals surface area contributed by atoms with Crippen LogP contribution in [0.25, 0.3) is 0 Å². The van der Waals surface area contributed by atoms with Gasteiger partial charge in [0.1, 0.15) is 0 Å². The molecule has 2 aromatic carbocycles. The topological polar surface area (TPSA) is 32.3 Å². The Morgan fingerprint density at radius 1 is 1.19 bits per heavy atom. The van der Waals surface area contributed by atoms with Gasteiger partial charge >= 0.3 is 0 Å². The summed E-state index contributed by atoms with van der Waals surface area (Å²) in [5.74, 6) is 0.293. The number of nitrogens with zero attached hydrogens (tertiary/aromatic N) is 1. The van der Waals surface area contributed by atoms with Gasteiger partial charge < -0.3 is 10.2 Å². The lowest BCUT2D eigenvalue weighted by atomic mass is 9.67. The van der Waals surface area contributed by atoms with Crippen molar-refractivity contribution in [2.24, 2.45) is 5.41 Å². The van der Waals surface area contributed by atoms with Gasteiger partial charge in [0.05, 0.1) is 11.5 Å². The molecule has 2 aromatic rings. The van der Waals surface area contributed by atoms with Crippen LogP contribution in [-0.2, 0) is 4.79 Å². The largest absolute Gasteiger partial charge is 0.330 e. The molecule has 1 aliphatic heterocycles. The molecular weight excluding hydrogens is 427 g/mol. The lowest BCUT2D eigenvalue weighted by molar-refractivity contribution is -0.154. The summed E-state index contributed by atoms with van der Waals surface area (Å²) in [6.07, 6.45) is 4.11. The summed E-state index contributed by atoms with van der Waals surface area (Å²) in [6.45, 7) is 8.89. The maximum Gasteiger partial charge on any atom is 0.229 e. The van der Waals surface area contributed by atoms with E-state index in [1.54, 1.807) is 0 Å². The summed E-state index contributed by atoms with van der Waals surface area (Å²) in [6, 6.07) is 15.9. The Morgan fingerprint density at radius 3 is 2.48 bits per heavy atom. The molecule has 1 fully saturated rings. The molecule has 1 saturated heterocycles. The Kier molecular flexibility index (Phi) is 7.85. The molecule has 1 aliphatic rings. The van der Waals surface area contributed by atoms with Gasteiger partial charge in [0.2, 0.25) is 5.91 Å². The van der Waals surface area contributed by atoms with Crippen LogP contribution in [0.15, 0.2) is 61.2 Å². The maximum absolute atomic E-state index is 14.0. The lowest BCUT2D eigenvalue weighted by Gasteiger charge is -2.52. The summed E-state index contributed by atoms with van der Waals surface area (Å²) in [5.41, 5.74) is 1.73. The molecule has 3 rings (SSSR count). The maximum atomic E-state index is 14.0. The number of amides is 1. The first-order chi connectivity index (χ1) is 14.8. The van der Waals surface area contributed by atoms with Crippen molar-refractivity contribution in [2.45, 2.75) is 51.1 Å². The Hall–Kier alpha value is -1.81. The van der Waals surface area contributed by atoms with Gasteiger partial charge in [-0.3, -0.25) is 4.79 Å². The molecule has 31 heavy (non-hydrogen) atoms. The van der Waals surface area contributed by atoms with Gasteiger partial charge in [-0.1, -0.05) is 67.4 Å². The second-order valence-corrected chi connectivity index (χ2v) is 9.62. The average Bonchev–Trinajstić information content (AvgIpc) is 2.75. The number of halogens is 2. The zero-order valence-corrected chi connectivity index (χ0v) is 20.1. The van der Waals surface area contributed by atoms with Crippen molar-refractivity contribution in [1.29, 1.82) is 0 Å². The van der Waals surface area contributed by atoms with Crippen molar-refractivity contribution >= 4 is 29.1 Å². The van der Waals surface area contributed by atoms with E-state index >= 15 is 0 Å². The smallest absolute Gasteiger partial charge is 0.229 e. The number of allylic oxidation sites excluding steroid dienone is 1. The molecule has 3 nitrogen and oxygen atoms in total. The third kappa shape index (κ3) is 5.00. The minimum absolute atomic E-state index is 0.0734. The standard InChI is InChI=1S/C26H32Cl2N2O/c1-5-14-26(3)16-23(19-8-7-9-21(28)15-19)24(18-10-12-20(27)13-11-18)30(25(26)31)22(6-2)17-29-4/h5,7-13,15,22-24,29H,1,6,14,16-17H2,2-4H3/t22-,23+,24?,26-/m0/s1. The number of carbonyl (C=O) groups excluding carboxylic acids is 1. The quantitative estimate of drug-likeness (QED) is 0.450. The van der Waals surface area contributed by atoms with E-state index in [4.69, 9.17) is 23.2 Å². The van der Waals surface area contributed by atoms with E-state index in [-0.39, 0.29) is 23.9 Å². The van der Waals surface area contributed by atoms with Gasteiger partial charge in [-0.05, 0) is 61.7 Å². The van der Waals surface area contributed by atoms with E-state index in [1.807, 2.05) is 55.6 Å². The van der Waals surface area contributed by atoms with Gasteiger partial charge in [-0.2, -0.15) is 0 Å². The third-order valence-electron chi connectivity index (χ3n) is 6.49. The third-order valence-corrected chi connectivity index (χ3v) is 6.98. The zero-order valence-electron chi connectivity index (χ0n) is 18.6. The normalized spacial score (nSPS) is 24.8. The molecule has 1 unspecified atom stereocenters. The Morgan fingerprint density at radius 2 is 1.90 bits per heavy atom. The second-order valence-electron chi connectivity index (χ2n) is 8.75. The first-order valence-electron chi connectivity index (χ1n) is 10.9. The Bertz CT molecular complexity index is 914. The Balaban J connectivity index is 2.21. The van der Waals surface area contributed by atoms with Crippen LogP contribution in [0, 0.1) is 5.41 Å². The zero-order chi connectivity index (χ0) is 22.6. The highest BCUT2D eigenvalue weighted by Gasteiger charge is 2.50. The molecule has 0 saturated carbocycles. The van der Waals surface area contributed by atoms with Crippen LogP contribution >= 0.6 is 23.2 Å². The molecule has 1 amide bonds. The molecule has 0 aromatic heterocycles. The summed E-state index contributed by atoms with van der Waals surface area (Å²) < 4.78 is 0. The molecule has 4 atom stereocenters. The first-order valence-corrected chi connectivity index (χ1v) is 11.7. The van der Waals surface area contributed by atoms with E-state index in [0.717, 1.165) is 30.5 Å². The fourth-order valence-electron chi connectivity index (χ4n) is 4.96. The molecule has 0 aliphatic carbocycles. The summed E-state index contributed by atoms with van der Waals surface area (Å²) >= 11 is 12.6. The highest BCUT2D eigenvalue weighted by Crippen LogP contribution is 2.52. The number of hydrogen-bond donors (Lipinski definition) is 1. The second kappa shape index (κ2) is 10.2. The highest BCUT2D eigenvalue weighted by molar-refractivity contribution is 6.30. The van der Waals surface area contributed by atoms with E-state index in [0.29, 0.717) is 16.5 Å². The molecule has 0 bridgehead atoms. The number of nitrogens with one attached hydrogen (secondary N) is 1. The van der Waals surface area contributed by atoms with Crippen molar-refractivity contribution in [1.82, 2.24) is 10.2 Å². The number of likely N-dealkylation sites (tertiary alicyclic amines) is 1. The number of likely N-dealkylation sites (N-methyl/N-ethyl adjacent to an activating group) is 1. The molecule has 5 heteroatoms. The minimum atomic E-state index is -0.515. The van der Waals surface area contributed by atoms with Crippen molar-refractivity contribution in [2.75, 3.05) is 13.6 Å². The predicted octanol–water partition coefficient (Wildman–Crippen LogP) is 6.63. The van der Waals surface area contributed by atoms with Crippen LogP contribution in [0.3, 0.4) is 0 Å². The first kappa shape index (κ1) is 23.8. The van der Waals surface area contributed by atoms with E-state index in [9.17, 15) is 4.79 Å². The van der Waals surface area contributed by atoms with Gasteiger partial charge in [0, 0.05) is 28.5 Å². The molecule has 0 radical (unpaired) electrons. The average molecular weight is 459 g/mol. The monoisotopic (exact) mass is 458 g/mol. The van der Waals surface area contributed by atoms with Crippen LogP contribution in [0.1, 0.15) is 56.2 Å². The van der Waals surface area contributed by atoms with Crippen LogP contribution in [0.4, 0.5) is 0 Å². The fraction of sp³-hybridized carbons (Fsp3) is 0.423. The van der Waals surface area contributed by atoms with Crippen molar-refractivity contribution in [3.8, 4) is 0 Å². The number of piperidine rings is 1. The van der Waals surface area contributed by atoms with Gasteiger partial charge in [0.15, 0.2) is 0 Å². The molecule has 166 valence electrons. The number of hydrogen-bond acceptors (Lipinski definition) is 2. The fourth-order valence-corrected chi connectivity index (χ4v) is 5.29. The van der Waals surface area contributed by atoms with Gasteiger partial charge in [-0.25, -0.2) is 0 Å². The molecule has 1 N–H and O–H groups in total. The minimum Gasteiger partial charge on any atom is -0.330 e. The lowest BCUT2D eigenvalue weighted by Crippen LogP contribution is -2.57. The number of rotatable bonds is 8. The van der Waals surface area contributed by atoms with Gasteiger partial charge in [-0.15, -0.1) is 6.58 Å². The van der Waals surface area contributed by atoms with E-state index in [2.05, 4.69) is 36.7 Å². The highest BCUT2D eigenvalue weighted by atomic mass is 35.5. The van der Waals surface area contributed by atoms with Crippen LogP contribution in [-0.4, -0.2) is 30.4 Å². The van der Waals surface area contributed by atoms with Crippen molar-refractivity contribution < 1.29 is 4.79 Å².